The standard InChI is InChI=1S/C13H19NO4/c1-8(2)10-4-5-18-12(10)13(17)14-7-9(3)6-11(15)16/h4-5,8-9H,6-7H2,1-3H3,(H,14,17)(H,15,16). The van der Waals surface area contributed by atoms with Gasteiger partial charge in [-0.2, -0.15) is 0 Å². The Labute approximate surface area is 106 Å². The smallest absolute Gasteiger partial charge is 0.303 e. The number of hydrogen-bond donors (Lipinski definition) is 2. The summed E-state index contributed by atoms with van der Waals surface area (Å²) in [7, 11) is 0. The Hall–Kier alpha value is -1.78. The highest BCUT2D eigenvalue weighted by atomic mass is 16.4. The van der Waals surface area contributed by atoms with Gasteiger partial charge in [0, 0.05) is 18.5 Å². The first kappa shape index (κ1) is 14.3. The molecule has 0 aromatic carbocycles. The van der Waals surface area contributed by atoms with Gasteiger partial charge in [0.1, 0.15) is 0 Å². The van der Waals surface area contributed by atoms with E-state index in [-0.39, 0.29) is 24.2 Å². The zero-order valence-corrected chi connectivity index (χ0v) is 10.9. The van der Waals surface area contributed by atoms with E-state index < -0.39 is 5.97 Å². The molecule has 5 nitrogen and oxygen atoms in total. The van der Waals surface area contributed by atoms with Gasteiger partial charge in [-0.15, -0.1) is 0 Å². The van der Waals surface area contributed by atoms with E-state index >= 15 is 0 Å². The highest BCUT2D eigenvalue weighted by Gasteiger charge is 2.18. The summed E-state index contributed by atoms with van der Waals surface area (Å²) in [5.74, 6) is -0.740. The quantitative estimate of drug-likeness (QED) is 0.814. The van der Waals surface area contributed by atoms with Crippen LogP contribution in [0.25, 0.3) is 0 Å². The number of carbonyl (C=O) groups excluding carboxylic acids is 1. The maximum absolute atomic E-state index is 11.9. The molecule has 2 N–H and O–H groups in total. The molecule has 0 aliphatic carbocycles. The number of hydrogen-bond acceptors (Lipinski definition) is 3. The van der Waals surface area contributed by atoms with Gasteiger partial charge < -0.3 is 14.8 Å². The monoisotopic (exact) mass is 253 g/mol. The molecule has 0 saturated heterocycles. The highest BCUT2D eigenvalue weighted by Crippen LogP contribution is 2.20. The van der Waals surface area contributed by atoms with Crippen molar-refractivity contribution in [3.8, 4) is 0 Å². The maximum atomic E-state index is 11.9. The normalized spacial score (nSPS) is 12.4. The summed E-state index contributed by atoms with van der Waals surface area (Å²) in [4.78, 5) is 22.4. The zero-order chi connectivity index (χ0) is 13.7. The predicted molar refractivity (Wildman–Crippen MR) is 66.5 cm³/mol. The van der Waals surface area contributed by atoms with E-state index in [1.54, 1.807) is 13.0 Å². The number of nitrogens with one attached hydrogen (secondary N) is 1. The fourth-order valence-corrected chi connectivity index (χ4v) is 1.68. The molecule has 0 fully saturated rings. The molecule has 5 heteroatoms. The molecular weight excluding hydrogens is 234 g/mol. The summed E-state index contributed by atoms with van der Waals surface area (Å²) >= 11 is 0. The minimum atomic E-state index is -0.863. The molecule has 0 bridgehead atoms. The second-order valence-electron chi connectivity index (χ2n) is 4.77. The highest BCUT2D eigenvalue weighted by molar-refractivity contribution is 5.93. The van der Waals surface area contributed by atoms with Crippen LogP contribution in [0.15, 0.2) is 16.7 Å². The number of carboxylic acid groups (broad SMARTS) is 1. The number of carboxylic acids is 1. The molecule has 1 amide bonds. The van der Waals surface area contributed by atoms with Crippen LogP contribution < -0.4 is 5.32 Å². The number of aliphatic carboxylic acids is 1. The third-order valence-corrected chi connectivity index (χ3v) is 2.66. The van der Waals surface area contributed by atoms with Gasteiger partial charge in [-0.1, -0.05) is 20.8 Å². The second-order valence-corrected chi connectivity index (χ2v) is 4.77. The molecule has 18 heavy (non-hydrogen) atoms. The Morgan fingerprint density at radius 1 is 1.39 bits per heavy atom. The van der Waals surface area contributed by atoms with E-state index in [4.69, 9.17) is 9.52 Å². The van der Waals surface area contributed by atoms with Crippen molar-refractivity contribution in [3.05, 3.63) is 23.7 Å². The van der Waals surface area contributed by atoms with Gasteiger partial charge in [0.15, 0.2) is 5.76 Å². The molecule has 1 atom stereocenters. The largest absolute Gasteiger partial charge is 0.481 e. The summed E-state index contributed by atoms with van der Waals surface area (Å²) < 4.78 is 5.17. The molecule has 1 aromatic heterocycles. The predicted octanol–water partition coefficient (Wildman–Crippen LogP) is 2.24. The van der Waals surface area contributed by atoms with Crippen molar-refractivity contribution < 1.29 is 19.1 Å². The topological polar surface area (TPSA) is 79.5 Å². The molecule has 0 aliphatic heterocycles. The van der Waals surface area contributed by atoms with Crippen LogP contribution in [-0.2, 0) is 4.79 Å². The van der Waals surface area contributed by atoms with Crippen molar-refractivity contribution in [2.75, 3.05) is 6.54 Å². The summed E-state index contributed by atoms with van der Waals surface area (Å²) in [5, 5.41) is 11.3. The van der Waals surface area contributed by atoms with Crippen LogP contribution in [0.3, 0.4) is 0 Å². The SMILES string of the molecule is CC(CNC(=O)c1occc1C(C)C)CC(=O)O. The molecule has 1 heterocycles. The lowest BCUT2D eigenvalue weighted by atomic mass is 10.0. The van der Waals surface area contributed by atoms with E-state index in [9.17, 15) is 9.59 Å². The molecule has 100 valence electrons. The molecule has 0 saturated carbocycles. The van der Waals surface area contributed by atoms with Crippen LogP contribution in [0, 0.1) is 5.92 Å². The van der Waals surface area contributed by atoms with Gasteiger partial charge in [-0.3, -0.25) is 9.59 Å². The maximum Gasteiger partial charge on any atom is 0.303 e. The van der Waals surface area contributed by atoms with E-state index in [2.05, 4.69) is 5.32 Å². The van der Waals surface area contributed by atoms with E-state index in [0.717, 1.165) is 5.56 Å². The van der Waals surface area contributed by atoms with Crippen LogP contribution in [0.2, 0.25) is 0 Å². The Kier molecular flexibility index (Phi) is 4.95. The zero-order valence-electron chi connectivity index (χ0n) is 10.9. The minimum absolute atomic E-state index is 0.0372. The van der Waals surface area contributed by atoms with E-state index in [0.29, 0.717) is 12.3 Å². The lowest BCUT2D eigenvalue weighted by Crippen LogP contribution is -2.29. The molecule has 1 rings (SSSR count). The summed E-state index contributed by atoms with van der Waals surface area (Å²) in [6.45, 7) is 6.06. The average Bonchev–Trinajstić information content (AvgIpc) is 2.73. The minimum Gasteiger partial charge on any atom is -0.481 e. The lowest BCUT2D eigenvalue weighted by molar-refractivity contribution is -0.137. The second kappa shape index (κ2) is 6.23. The van der Waals surface area contributed by atoms with Crippen molar-refractivity contribution in [2.45, 2.75) is 33.1 Å². The van der Waals surface area contributed by atoms with Crippen LogP contribution >= 0.6 is 0 Å². The van der Waals surface area contributed by atoms with E-state index in [1.165, 1.54) is 6.26 Å². The van der Waals surface area contributed by atoms with Crippen LogP contribution in [-0.4, -0.2) is 23.5 Å². The van der Waals surface area contributed by atoms with Gasteiger partial charge in [0.05, 0.1) is 6.26 Å². The summed E-state index contributed by atoms with van der Waals surface area (Å²) in [6, 6.07) is 1.78. The number of carbonyl (C=O) groups is 2. The molecule has 1 aromatic rings. The van der Waals surface area contributed by atoms with Crippen LogP contribution in [0.5, 0.6) is 0 Å². The first-order valence-corrected chi connectivity index (χ1v) is 5.99. The Morgan fingerprint density at radius 3 is 2.61 bits per heavy atom. The van der Waals surface area contributed by atoms with Gasteiger partial charge in [0.2, 0.25) is 0 Å². The molecule has 1 unspecified atom stereocenters. The number of furan rings is 1. The van der Waals surface area contributed by atoms with E-state index in [1.807, 2.05) is 13.8 Å². The van der Waals surface area contributed by atoms with Gasteiger partial charge in [0.25, 0.3) is 5.91 Å². The fraction of sp³-hybridized carbons (Fsp3) is 0.538. The molecule has 0 aliphatic rings. The number of amides is 1. The summed E-state index contributed by atoms with van der Waals surface area (Å²) in [5.41, 5.74) is 0.860. The number of rotatable bonds is 6. The molecular formula is C13H19NO4. The fourth-order valence-electron chi connectivity index (χ4n) is 1.68. The molecule has 0 spiro atoms. The van der Waals surface area contributed by atoms with Crippen molar-refractivity contribution in [1.82, 2.24) is 5.32 Å². The van der Waals surface area contributed by atoms with Gasteiger partial charge in [-0.25, -0.2) is 0 Å². The lowest BCUT2D eigenvalue weighted by Gasteiger charge is -2.10. The summed E-state index contributed by atoms with van der Waals surface area (Å²) in [6.07, 6.45) is 1.53. The van der Waals surface area contributed by atoms with Crippen molar-refractivity contribution in [1.29, 1.82) is 0 Å². The Balaban J connectivity index is 2.55. The van der Waals surface area contributed by atoms with Crippen LogP contribution in [0.4, 0.5) is 0 Å². The van der Waals surface area contributed by atoms with Crippen LogP contribution in [0.1, 0.15) is 49.2 Å². The van der Waals surface area contributed by atoms with Gasteiger partial charge in [-0.05, 0) is 17.9 Å². The van der Waals surface area contributed by atoms with Crippen molar-refractivity contribution in [3.63, 3.8) is 0 Å². The Bertz CT molecular complexity index is 422. The first-order valence-electron chi connectivity index (χ1n) is 5.99. The molecule has 0 radical (unpaired) electrons. The Morgan fingerprint density at radius 2 is 2.06 bits per heavy atom. The van der Waals surface area contributed by atoms with Crippen molar-refractivity contribution in [2.24, 2.45) is 5.92 Å². The first-order chi connectivity index (χ1) is 8.41. The third kappa shape index (κ3) is 3.91. The average molecular weight is 253 g/mol. The van der Waals surface area contributed by atoms with Crippen molar-refractivity contribution >= 4 is 11.9 Å². The van der Waals surface area contributed by atoms with Gasteiger partial charge >= 0.3 is 5.97 Å². The third-order valence-electron chi connectivity index (χ3n) is 2.66.